The fourth-order valence-corrected chi connectivity index (χ4v) is 3.68. The van der Waals surface area contributed by atoms with Gasteiger partial charge in [0.25, 0.3) is 5.91 Å². The monoisotopic (exact) mass is 449 g/mol. The third kappa shape index (κ3) is 5.59. The highest BCUT2D eigenvalue weighted by molar-refractivity contribution is 5.96. The molecule has 1 saturated heterocycles. The highest BCUT2D eigenvalue weighted by Crippen LogP contribution is 2.32. The summed E-state index contributed by atoms with van der Waals surface area (Å²) in [7, 11) is 1.58. The second-order valence-electron chi connectivity index (χ2n) is 7.62. The molecule has 2 amide bonds. The van der Waals surface area contributed by atoms with Gasteiger partial charge in [0.15, 0.2) is 0 Å². The van der Waals surface area contributed by atoms with Crippen LogP contribution in [-0.4, -0.2) is 60.9 Å². The molecule has 6 nitrogen and oxygen atoms in total. The Labute approximate surface area is 184 Å². The minimum atomic E-state index is -4.59. The summed E-state index contributed by atoms with van der Waals surface area (Å²) >= 11 is 0. The third-order valence-corrected chi connectivity index (χ3v) is 5.59. The van der Waals surface area contributed by atoms with Crippen molar-refractivity contribution in [1.29, 1.82) is 0 Å². The molecule has 1 aliphatic rings. The number of carbonyl (C=O) groups is 2. The van der Waals surface area contributed by atoms with Crippen molar-refractivity contribution in [3.05, 3.63) is 65.2 Å². The molecule has 1 aliphatic heterocycles. The van der Waals surface area contributed by atoms with Gasteiger partial charge in [0.1, 0.15) is 5.75 Å². The molecule has 9 heteroatoms. The molecule has 1 unspecified atom stereocenters. The van der Waals surface area contributed by atoms with E-state index in [2.05, 4.69) is 5.32 Å². The molecule has 1 atom stereocenters. The Morgan fingerprint density at radius 3 is 2.41 bits per heavy atom. The minimum absolute atomic E-state index is 0.157. The van der Waals surface area contributed by atoms with Gasteiger partial charge < -0.3 is 15.0 Å². The predicted octanol–water partition coefficient (Wildman–Crippen LogP) is 3.18. The fourth-order valence-electron chi connectivity index (χ4n) is 3.68. The predicted molar refractivity (Wildman–Crippen MR) is 113 cm³/mol. The van der Waals surface area contributed by atoms with E-state index in [1.807, 2.05) is 29.2 Å². The molecule has 0 aromatic heterocycles. The van der Waals surface area contributed by atoms with Gasteiger partial charge in [0.2, 0.25) is 5.91 Å². The van der Waals surface area contributed by atoms with Crippen molar-refractivity contribution in [3.63, 3.8) is 0 Å². The standard InChI is InChI=1S/C23H26F3N3O3/c1-16(21(30)27-15-17-6-5-7-18(14-17)32-2)28-10-12-29(13-11-28)22(31)19-8-3-4-9-20(19)23(24,25)26/h3-9,14,16H,10-13,15H2,1-2H3,(H,27,30). The van der Waals surface area contributed by atoms with Crippen LogP contribution in [-0.2, 0) is 17.5 Å². The van der Waals surface area contributed by atoms with Crippen molar-refractivity contribution in [2.75, 3.05) is 33.3 Å². The van der Waals surface area contributed by atoms with Crippen molar-refractivity contribution < 1.29 is 27.5 Å². The number of hydrogen-bond acceptors (Lipinski definition) is 4. The van der Waals surface area contributed by atoms with Crippen LogP contribution in [0, 0.1) is 0 Å². The molecule has 32 heavy (non-hydrogen) atoms. The zero-order valence-electron chi connectivity index (χ0n) is 18.0. The fraction of sp³-hybridized carbons (Fsp3) is 0.391. The summed E-state index contributed by atoms with van der Waals surface area (Å²) < 4.78 is 44.9. The van der Waals surface area contributed by atoms with Crippen LogP contribution in [0.4, 0.5) is 13.2 Å². The maximum atomic E-state index is 13.2. The van der Waals surface area contributed by atoms with Crippen LogP contribution < -0.4 is 10.1 Å². The first-order valence-corrected chi connectivity index (χ1v) is 10.3. The maximum absolute atomic E-state index is 13.2. The second-order valence-corrected chi connectivity index (χ2v) is 7.62. The Morgan fingerprint density at radius 1 is 1.06 bits per heavy atom. The Bertz CT molecular complexity index is 957. The number of rotatable bonds is 6. The van der Waals surface area contributed by atoms with E-state index in [0.29, 0.717) is 25.4 Å². The van der Waals surface area contributed by atoms with Crippen molar-refractivity contribution in [2.45, 2.75) is 25.7 Å². The lowest BCUT2D eigenvalue weighted by atomic mass is 10.1. The van der Waals surface area contributed by atoms with Gasteiger partial charge in [-0.15, -0.1) is 0 Å². The molecule has 0 saturated carbocycles. The zero-order chi connectivity index (χ0) is 23.3. The molecule has 2 aromatic rings. The number of benzene rings is 2. The number of methoxy groups -OCH3 is 1. The summed E-state index contributed by atoms with van der Waals surface area (Å²) in [6, 6.07) is 11.8. The summed E-state index contributed by atoms with van der Waals surface area (Å²) in [4.78, 5) is 28.6. The van der Waals surface area contributed by atoms with Crippen molar-refractivity contribution in [3.8, 4) is 5.75 Å². The van der Waals surface area contributed by atoms with Gasteiger partial charge >= 0.3 is 6.18 Å². The van der Waals surface area contributed by atoms with Gasteiger partial charge in [-0.2, -0.15) is 13.2 Å². The topological polar surface area (TPSA) is 61.9 Å². The van der Waals surface area contributed by atoms with Crippen molar-refractivity contribution >= 4 is 11.8 Å². The third-order valence-electron chi connectivity index (χ3n) is 5.59. The average molecular weight is 449 g/mol. The van der Waals surface area contributed by atoms with E-state index < -0.39 is 23.7 Å². The minimum Gasteiger partial charge on any atom is -0.497 e. The Morgan fingerprint density at radius 2 is 1.75 bits per heavy atom. The summed E-state index contributed by atoms with van der Waals surface area (Å²) in [6.45, 7) is 3.42. The molecular formula is C23H26F3N3O3. The van der Waals surface area contributed by atoms with Crippen LogP contribution in [0.25, 0.3) is 0 Å². The molecule has 1 N–H and O–H groups in total. The van der Waals surface area contributed by atoms with Crippen LogP contribution >= 0.6 is 0 Å². The van der Waals surface area contributed by atoms with Gasteiger partial charge in [0, 0.05) is 32.7 Å². The molecule has 2 aromatic carbocycles. The molecular weight excluding hydrogens is 423 g/mol. The lowest BCUT2D eigenvalue weighted by Crippen LogP contribution is -2.55. The van der Waals surface area contributed by atoms with E-state index in [9.17, 15) is 22.8 Å². The van der Waals surface area contributed by atoms with E-state index in [-0.39, 0.29) is 24.6 Å². The molecule has 0 radical (unpaired) electrons. The van der Waals surface area contributed by atoms with Crippen LogP contribution in [0.15, 0.2) is 48.5 Å². The number of nitrogens with zero attached hydrogens (tertiary/aromatic N) is 2. The maximum Gasteiger partial charge on any atom is 0.417 e. The SMILES string of the molecule is COc1cccc(CNC(=O)C(C)N2CCN(C(=O)c3ccccc3C(F)(F)F)CC2)c1. The average Bonchev–Trinajstić information content (AvgIpc) is 2.81. The van der Waals surface area contributed by atoms with E-state index >= 15 is 0 Å². The molecule has 3 rings (SSSR count). The van der Waals surface area contributed by atoms with Crippen LogP contribution in [0.5, 0.6) is 5.75 Å². The molecule has 172 valence electrons. The van der Waals surface area contributed by atoms with Crippen LogP contribution in [0.2, 0.25) is 0 Å². The van der Waals surface area contributed by atoms with Gasteiger partial charge in [-0.05, 0) is 36.8 Å². The number of carbonyl (C=O) groups excluding carboxylic acids is 2. The van der Waals surface area contributed by atoms with Gasteiger partial charge in [0.05, 0.1) is 24.3 Å². The molecule has 0 bridgehead atoms. The summed E-state index contributed by atoms with van der Waals surface area (Å²) in [6.07, 6.45) is -4.59. The largest absolute Gasteiger partial charge is 0.497 e. The number of hydrogen-bond donors (Lipinski definition) is 1. The second kappa shape index (κ2) is 10.0. The highest BCUT2D eigenvalue weighted by atomic mass is 19.4. The molecule has 0 spiro atoms. The summed E-state index contributed by atoms with van der Waals surface area (Å²) in [5.41, 5.74) is -0.376. The number of piperazine rings is 1. The molecule has 0 aliphatic carbocycles. The van der Waals surface area contributed by atoms with Crippen molar-refractivity contribution in [1.82, 2.24) is 15.1 Å². The molecule has 1 heterocycles. The first kappa shape index (κ1) is 23.6. The number of ether oxygens (including phenoxy) is 1. The number of halogens is 3. The molecule has 1 fully saturated rings. The first-order chi connectivity index (χ1) is 15.2. The van der Waals surface area contributed by atoms with Gasteiger partial charge in [-0.25, -0.2) is 0 Å². The van der Waals surface area contributed by atoms with E-state index in [0.717, 1.165) is 11.6 Å². The van der Waals surface area contributed by atoms with Gasteiger partial charge in [-0.3, -0.25) is 14.5 Å². The number of nitrogens with one attached hydrogen (secondary N) is 1. The van der Waals surface area contributed by atoms with Crippen LogP contribution in [0.1, 0.15) is 28.4 Å². The first-order valence-electron chi connectivity index (χ1n) is 10.3. The number of amides is 2. The Kier molecular flexibility index (Phi) is 7.40. The smallest absolute Gasteiger partial charge is 0.417 e. The zero-order valence-corrected chi connectivity index (χ0v) is 18.0. The van der Waals surface area contributed by atoms with E-state index in [4.69, 9.17) is 4.74 Å². The lowest BCUT2D eigenvalue weighted by Gasteiger charge is -2.37. The Balaban J connectivity index is 1.55. The summed E-state index contributed by atoms with van der Waals surface area (Å²) in [5, 5.41) is 2.89. The van der Waals surface area contributed by atoms with E-state index in [1.54, 1.807) is 14.0 Å². The van der Waals surface area contributed by atoms with Gasteiger partial charge in [-0.1, -0.05) is 24.3 Å². The highest BCUT2D eigenvalue weighted by Gasteiger charge is 2.36. The Hall–Kier alpha value is -3.07. The van der Waals surface area contributed by atoms with E-state index in [1.165, 1.54) is 23.1 Å². The quantitative estimate of drug-likeness (QED) is 0.736. The normalized spacial score (nSPS) is 15.8. The number of alkyl halides is 3. The van der Waals surface area contributed by atoms with Crippen LogP contribution in [0.3, 0.4) is 0 Å². The summed E-state index contributed by atoms with van der Waals surface area (Å²) in [5.74, 6) is -0.0969. The lowest BCUT2D eigenvalue weighted by molar-refractivity contribution is -0.138. The van der Waals surface area contributed by atoms with Crippen molar-refractivity contribution in [2.24, 2.45) is 0 Å².